The molecule has 0 saturated carbocycles. The van der Waals surface area contributed by atoms with Crippen LogP contribution in [0, 0.1) is 0 Å². The van der Waals surface area contributed by atoms with Gasteiger partial charge in [0.25, 0.3) is 0 Å². The molecule has 0 rings (SSSR count). The molecule has 0 bridgehead atoms. The van der Waals surface area contributed by atoms with Crippen molar-refractivity contribution < 1.29 is 18.8 Å². The Kier molecular flexibility index (Phi) is 3.35. The van der Waals surface area contributed by atoms with Crippen LogP contribution in [0.15, 0.2) is 0 Å². The first-order chi connectivity index (χ1) is 4.12. The number of rotatable bonds is 3. The molecule has 0 aliphatic rings. The first-order valence-corrected chi connectivity index (χ1v) is 3.92. The van der Waals surface area contributed by atoms with Crippen LogP contribution in [-0.2, 0) is 9.09 Å². The molecule has 0 heterocycles. The van der Waals surface area contributed by atoms with Crippen LogP contribution in [0.4, 0.5) is 0 Å². The summed E-state index contributed by atoms with van der Waals surface area (Å²) >= 11 is 0. The van der Waals surface area contributed by atoms with Gasteiger partial charge in [0, 0.05) is 0 Å². The molecule has 1 N–H and O–H groups in total. The maximum Gasteiger partial charge on any atom is 0.431 e. The predicted molar refractivity (Wildman–Crippen MR) is 31.1 cm³/mol. The first kappa shape index (κ1) is 8.53. The fourth-order valence-electron chi connectivity index (χ4n) is 0.284. The average molecular weight is 150 g/mol. The number of nitrogens with zero attached hydrogens (tertiary/aromatic N) is 2. The molecule has 0 aromatic carbocycles. The minimum absolute atomic E-state index is 0.111. The van der Waals surface area contributed by atoms with Gasteiger partial charge in [-0.15, -0.1) is 0 Å². The van der Waals surface area contributed by atoms with E-state index >= 15 is 0 Å². The molecule has 1 unspecified atom stereocenters. The average Bonchev–Trinajstić information content (AvgIpc) is 1.64. The molecule has 1 atom stereocenters. The van der Waals surface area contributed by atoms with Crippen LogP contribution < -0.4 is 0 Å². The summed E-state index contributed by atoms with van der Waals surface area (Å²) in [6.45, 7) is 1.67. The van der Waals surface area contributed by atoms with E-state index in [1.54, 1.807) is 6.92 Å². The quantitative estimate of drug-likeness (QED) is 0.274. The molecule has 0 amide bonds. The van der Waals surface area contributed by atoms with Crippen molar-refractivity contribution in [2.24, 2.45) is 0 Å². The van der Waals surface area contributed by atoms with E-state index in [0.29, 0.717) is 5.96 Å². The van der Waals surface area contributed by atoms with E-state index in [2.05, 4.69) is 9.31 Å². The van der Waals surface area contributed by atoms with E-state index in [1.165, 1.54) is 0 Å². The zero-order valence-electron chi connectivity index (χ0n) is 4.89. The predicted octanol–water partition coefficient (Wildman–Crippen LogP) is 0.466. The SMILES string of the molecule is CCOP(=O)(O)C=[N+]=[N-]. The summed E-state index contributed by atoms with van der Waals surface area (Å²) in [5.74, 6) is 0.469. The van der Waals surface area contributed by atoms with Crippen molar-refractivity contribution in [3.63, 3.8) is 0 Å². The Morgan fingerprint density at radius 3 is 2.89 bits per heavy atom. The minimum Gasteiger partial charge on any atom is -0.361 e. The maximum atomic E-state index is 10.4. The van der Waals surface area contributed by atoms with E-state index in [4.69, 9.17) is 10.4 Å². The summed E-state index contributed by atoms with van der Waals surface area (Å²) in [7, 11) is -3.73. The highest BCUT2D eigenvalue weighted by molar-refractivity contribution is 7.68. The fourth-order valence-corrected chi connectivity index (χ4v) is 0.851. The summed E-state index contributed by atoms with van der Waals surface area (Å²) in [4.78, 5) is 10.9. The van der Waals surface area contributed by atoms with Crippen LogP contribution in [0.1, 0.15) is 6.92 Å². The second kappa shape index (κ2) is 3.54. The van der Waals surface area contributed by atoms with E-state index in [0.717, 1.165) is 0 Å². The molecule has 0 aromatic heterocycles. The van der Waals surface area contributed by atoms with Crippen molar-refractivity contribution in [1.82, 2.24) is 0 Å². The third-order valence-corrected chi connectivity index (χ3v) is 1.53. The molecule has 0 aromatic rings. The van der Waals surface area contributed by atoms with Crippen molar-refractivity contribution in [1.29, 1.82) is 0 Å². The van der Waals surface area contributed by atoms with Gasteiger partial charge in [-0.05, 0) is 6.92 Å². The molecule has 0 radical (unpaired) electrons. The Morgan fingerprint density at radius 2 is 2.56 bits per heavy atom. The van der Waals surface area contributed by atoms with Crippen molar-refractivity contribution in [3.05, 3.63) is 5.53 Å². The van der Waals surface area contributed by atoms with Crippen molar-refractivity contribution in [2.75, 3.05) is 6.61 Å². The summed E-state index contributed by atoms with van der Waals surface area (Å²) in [6, 6.07) is 0. The van der Waals surface area contributed by atoms with Gasteiger partial charge in [-0.1, -0.05) is 0 Å². The molecule has 0 aliphatic carbocycles. The lowest BCUT2D eigenvalue weighted by Crippen LogP contribution is -1.88. The first-order valence-electron chi connectivity index (χ1n) is 2.28. The van der Waals surface area contributed by atoms with Gasteiger partial charge < -0.3 is 14.9 Å². The van der Waals surface area contributed by atoms with Crippen LogP contribution in [0.25, 0.3) is 5.53 Å². The smallest absolute Gasteiger partial charge is 0.361 e. The monoisotopic (exact) mass is 150 g/mol. The lowest BCUT2D eigenvalue weighted by Gasteiger charge is -1.97. The van der Waals surface area contributed by atoms with Gasteiger partial charge in [0.1, 0.15) is 0 Å². The van der Waals surface area contributed by atoms with Crippen LogP contribution in [0.2, 0.25) is 0 Å². The van der Waals surface area contributed by atoms with Gasteiger partial charge >= 0.3 is 13.6 Å². The summed E-state index contributed by atoms with van der Waals surface area (Å²) in [5, 5.41) is 0. The highest BCUT2D eigenvalue weighted by Gasteiger charge is 2.19. The molecular weight excluding hydrogens is 143 g/mol. The van der Waals surface area contributed by atoms with Crippen molar-refractivity contribution in [3.8, 4) is 0 Å². The largest absolute Gasteiger partial charge is 0.431 e. The van der Waals surface area contributed by atoms with Crippen molar-refractivity contribution in [2.45, 2.75) is 6.92 Å². The Hall–Kier alpha value is -0.470. The zero-order chi connectivity index (χ0) is 7.33. The third-order valence-electron chi connectivity index (χ3n) is 0.512. The van der Waals surface area contributed by atoms with E-state index in [1.807, 2.05) is 0 Å². The van der Waals surface area contributed by atoms with E-state index < -0.39 is 7.60 Å². The van der Waals surface area contributed by atoms with E-state index in [-0.39, 0.29) is 6.61 Å². The fraction of sp³-hybridized carbons (Fsp3) is 0.667. The van der Waals surface area contributed by atoms with Crippen LogP contribution in [0.5, 0.6) is 0 Å². The Bertz CT molecular complexity index is 174. The normalized spacial score (nSPS) is 15.8. The van der Waals surface area contributed by atoms with Gasteiger partial charge in [-0.3, -0.25) is 0 Å². The Morgan fingerprint density at radius 1 is 2.00 bits per heavy atom. The third kappa shape index (κ3) is 4.06. The number of hydrogen-bond donors (Lipinski definition) is 1. The molecule has 52 valence electrons. The zero-order valence-corrected chi connectivity index (χ0v) is 5.78. The lowest BCUT2D eigenvalue weighted by molar-refractivity contribution is 0.00513. The van der Waals surface area contributed by atoms with E-state index in [9.17, 15) is 4.57 Å². The van der Waals surface area contributed by atoms with Crippen molar-refractivity contribution >= 4 is 13.6 Å². The topological polar surface area (TPSA) is 82.9 Å². The molecular formula is C3H7N2O3P. The van der Waals surface area contributed by atoms with Crippen LogP contribution >= 0.6 is 7.60 Å². The molecule has 6 heteroatoms. The van der Waals surface area contributed by atoms with Gasteiger partial charge in [0.2, 0.25) is 0 Å². The second-order valence-corrected chi connectivity index (χ2v) is 2.83. The second-order valence-electron chi connectivity index (χ2n) is 1.21. The molecule has 9 heavy (non-hydrogen) atoms. The molecule has 5 nitrogen and oxygen atoms in total. The lowest BCUT2D eigenvalue weighted by atomic mass is 10.9. The Balaban J connectivity index is 4.03. The van der Waals surface area contributed by atoms with Gasteiger partial charge in [0.05, 0.1) is 6.61 Å². The highest BCUT2D eigenvalue weighted by Crippen LogP contribution is 2.36. The molecule has 0 spiro atoms. The highest BCUT2D eigenvalue weighted by atomic mass is 31.2. The summed E-state index contributed by atoms with van der Waals surface area (Å²) in [5.41, 5.74) is 7.79. The van der Waals surface area contributed by atoms with Gasteiger partial charge in [-0.2, -0.15) is 4.79 Å². The molecule has 0 aliphatic heterocycles. The standard InChI is InChI=1S/C3H7N2O3P/c1-2-8-9(6,7)3-5-4/h3H,2H2,1H3,(H,6,7). The molecule has 0 fully saturated rings. The minimum atomic E-state index is -3.73. The Labute approximate surface area is 52.4 Å². The number of hydrogen-bond acceptors (Lipinski definition) is 2. The molecule has 0 saturated heterocycles. The van der Waals surface area contributed by atoms with Crippen LogP contribution in [-0.4, -0.2) is 22.2 Å². The summed E-state index contributed by atoms with van der Waals surface area (Å²) in [6.07, 6.45) is 0. The maximum absolute atomic E-state index is 10.4. The van der Waals surface area contributed by atoms with Gasteiger partial charge in [-0.25, -0.2) is 4.57 Å². The van der Waals surface area contributed by atoms with Gasteiger partial charge in [0.15, 0.2) is 0 Å². The summed E-state index contributed by atoms with van der Waals surface area (Å²) < 4.78 is 14.7. The van der Waals surface area contributed by atoms with Crippen LogP contribution in [0.3, 0.4) is 0 Å².